The summed E-state index contributed by atoms with van der Waals surface area (Å²) in [6, 6.07) is 2.60. The number of aromatic nitrogens is 4. The number of nitrogens with one attached hydrogen (secondary N) is 2. The maximum atomic E-state index is 11.9. The second-order valence-corrected chi connectivity index (χ2v) is 5.01. The van der Waals surface area contributed by atoms with Crippen LogP contribution in [-0.2, 0) is 6.54 Å². The molecule has 118 valence electrons. The fourth-order valence-electron chi connectivity index (χ4n) is 1.79. The van der Waals surface area contributed by atoms with Gasteiger partial charge in [0.2, 0.25) is 5.56 Å². The summed E-state index contributed by atoms with van der Waals surface area (Å²) in [5, 5.41) is 20.0. The molecule has 0 aliphatic heterocycles. The molecule has 0 saturated carbocycles. The molecule has 2 aromatic rings. The van der Waals surface area contributed by atoms with Gasteiger partial charge in [0.25, 0.3) is 5.91 Å². The van der Waals surface area contributed by atoms with Gasteiger partial charge in [0.05, 0.1) is 24.4 Å². The number of carbonyl (C=O) groups is 1. The summed E-state index contributed by atoms with van der Waals surface area (Å²) in [6.07, 6.45) is 1.55. The van der Waals surface area contributed by atoms with E-state index >= 15 is 0 Å². The van der Waals surface area contributed by atoms with Crippen molar-refractivity contribution in [2.24, 2.45) is 0 Å². The first-order valence-corrected chi connectivity index (χ1v) is 7.14. The molecule has 0 aliphatic carbocycles. The Morgan fingerprint density at radius 1 is 1.55 bits per heavy atom. The van der Waals surface area contributed by atoms with Crippen molar-refractivity contribution in [2.45, 2.75) is 26.0 Å². The van der Waals surface area contributed by atoms with Gasteiger partial charge < -0.3 is 15.4 Å². The van der Waals surface area contributed by atoms with Crippen molar-refractivity contribution in [2.75, 3.05) is 6.54 Å². The highest BCUT2D eigenvalue weighted by molar-refractivity contribution is 6.32. The largest absolute Gasteiger partial charge is 0.387 e. The van der Waals surface area contributed by atoms with E-state index in [0.717, 1.165) is 0 Å². The van der Waals surface area contributed by atoms with Crippen LogP contribution >= 0.6 is 11.6 Å². The number of pyridine rings is 1. The number of aliphatic hydroxyl groups excluding tert-OH is 1. The van der Waals surface area contributed by atoms with E-state index in [1.807, 2.05) is 6.92 Å². The van der Waals surface area contributed by atoms with E-state index in [0.29, 0.717) is 25.2 Å². The Balaban J connectivity index is 1.89. The Kier molecular flexibility index (Phi) is 5.29. The van der Waals surface area contributed by atoms with Crippen LogP contribution in [-0.4, -0.2) is 37.5 Å². The maximum Gasteiger partial charge on any atom is 0.254 e. The Morgan fingerprint density at radius 3 is 3.00 bits per heavy atom. The number of halogens is 1. The third-order valence-electron chi connectivity index (χ3n) is 3.03. The molecule has 0 spiro atoms. The molecule has 0 aliphatic rings. The van der Waals surface area contributed by atoms with Crippen molar-refractivity contribution in [3.05, 3.63) is 45.1 Å². The molecule has 9 heteroatoms. The normalized spacial score (nSPS) is 12.1. The van der Waals surface area contributed by atoms with Gasteiger partial charge in [-0.05, 0) is 12.5 Å². The summed E-state index contributed by atoms with van der Waals surface area (Å²) in [5.41, 5.74) is 0.325. The van der Waals surface area contributed by atoms with Crippen LogP contribution in [0.15, 0.2) is 23.1 Å². The van der Waals surface area contributed by atoms with E-state index in [9.17, 15) is 14.7 Å². The third-order valence-corrected chi connectivity index (χ3v) is 3.32. The van der Waals surface area contributed by atoms with Crippen LogP contribution < -0.4 is 10.9 Å². The average molecular weight is 326 g/mol. The standard InChI is InChI=1S/C13H16ClN5O3/c1-2-10(20)9-7-19(18-17-9)6-5-15-13(22)8-3-4-11(21)16-12(8)14/h3-4,7,10,20H,2,5-6H2,1H3,(H,15,22)(H,16,21). The highest BCUT2D eigenvalue weighted by atomic mass is 35.5. The van der Waals surface area contributed by atoms with E-state index < -0.39 is 12.0 Å². The minimum Gasteiger partial charge on any atom is -0.387 e. The van der Waals surface area contributed by atoms with E-state index in [1.54, 1.807) is 6.20 Å². The lowest BCUT2D eigenvalue weighted by Crippen LogP contribution is -2.28. The lowest BCUT2D eigenvalue weighted by Gasteiger charge is -2.06. The SMILES string of the molecule is CCC(O)c1cn(CCNC(=O)c2ccc(=O)[nH]c2Cl)nn1. The molecule has 0 saturated heterocycles. The molecular formula is C13H16ClN5O3. The molecule has 1 unspecified atom stereocenters. The Hall–Kier alpha value is -2.19. The zero-order chi connectivity index (χ0) is 16.1. The van der Waals surface area contributed by atoms with Gasteiger partial charge in [-0.25, -0.2) is 0 Å². The zero-order valence-corrected chi connectivity index (χ0v) is 12.7. The first-order chi connectivity index (χ1) is 10.5. The van der Waals surface area contributed by atoms with Gasteiger partial charge in [0.1, 0.15) is 10.8 Å². The number of aromatic amines is 1. The molecule has 0 fully saturated rings. The molecular weight excluding hydrogens is 310 g/mol. The topological polar surface area (TPSA) is 113 Å². The van der Waals surface area contributed by atoms with E-state index in [-0.39, 0.29) is 16.3 Å². The van der Waals surface area contributed by atoms with Crippen molar-refractivity contribution < 1.29 is 9.90 Å². The minimum absolute atomic E-state index is 0.000824. The van der Waals surface area contributed by atoms with E-state index in [4.69, 9.17) is 11.6 Å². The van der Waals surface area contributed by atoms with Crippen LogP contribution in [0, 0.1) is 0 Å². The fourth-order valence-corrected chi connectivity index (χ4v) is 2.03. The van der Waals surface area contributed by atoms with Gasteiger partial charge in [0.15, 0.2) is 0 Å². The molecule has 0 aromatic carbocycles. The monoisotopic (exact) mass is 325 g/mol. The molecule has 2 heterocycles. The Labute approximate surface area is 131 Å². The third kappa shape index (κ3) is 3.92. The highest BCUT2D eigenvalue weighted by Crippen LogP contribution is 2.12. The van der Waals surface area contributed by atoms with Crippen LogP contribution in [0.25, 0.3) is 0 Å². The fraction of sp³-hybridized carbons (Fsp3) is 0.385. The molecule has 3 N–H and O–H groups in total. The molecule has 0 radical (unpaired) electrons. The number of nitrogens with zero attached hydrogens (tertiary/aromatic N) is 3. The van der Waals surface area contributed by atoms with E-state index in [2.05, 4.69) is 20.6 Å². The molecule has 0 bridgehead atoms. The van der Waals surface area contributed by atoms with E-state index in [1.165, 1.54) is 16.8 Å². The molecule has 1 amide bonds. The number of carbonyl (C=O) groups excluding carboxylic acids is 1. The highest BCUT2D eigenvalue weighted by Gasteiger charge is 2.12. The zero-order valence-electron chi connectivity index (χ0n) is 11.9. The van der Waals surface area contributed by atoms with Gasteiger partial charge >= 0.3 is 0 Å². The molecule has 8 nitrogen and oxygen atoms in total. The lowest BCUT2D eigenvalue weighted by molar-refractivity contribution is 0.0951. The molecule has 2 aromatic heterocycles. The second-order valence-electron chi connectivity index (χ2n) is 4.64. The molecule has 1 atom stereocenters. The predicted octanol–water partition coefficient (Wildman–Crippen LogP) is 0.493. The number of hydrogen-bond acceptors (Lipinski definition) is 5. The van der Waals surface area contributed by atoms with Gasteiger partial charge in [-0.2, -0.15) is 0 Å². The summed E-state index contributed by atoms with van der Waals surface area (Å²) in [7, 11) is 0. The van der Waals surface area contributed by atoms with Crippen molar-refractivity contribution in [1.82, 2.24) is 25.3 Å². The van der Waals surface area contributed by atoms with Crippen molar-refractivity contribution in [3.63, 3.8) is 0 Å². The first kappa shape index (κ1) is 16.2. The summed E-state index contributed by atoms with van der Waals surface area (Å²) < 4.78 is 1.53. The van der Waals surface area contributed by atoms with Gasteiger partial charge in [-0.3, -0.25) is 14.3 Å². The van der Waals surface area contributed by atoms with Crippen LogP contribution in [0.3, 0.4) is 0 Å². The minimum atomic E-state index is -0.636. The number of H-pyrrole nitrogens is 1. The summed E-state index contributed by atoms with van der Waals surface area (Å²) >= 11 is 5.80. The Bertz CT molecular complexity index is 712. The van der Waals surface area contributed by atoms with Gasteiger partial charge in [0, 0.05) is 12.6 Å². The van der Waals surface area contributed by atoms with Crippen molar-refractivity contribution in [3.8, 4) is 0 Å². The van der Waals surface area contributed by atoms with Crippen LogP contribution in [0.1, 0.15) is 35.5 Å². The van der Waals surface area contributed by atoms with Crippen LogP contribution in [0.2, 0.25) is 5.15 Å². The predicted molar refractivity (Wildman–Crippen MR) is 79.7 cm³/mol. The number of amides is 1. The molecule has 22 heavy (non-hydrogen) atoms. The smallest absolute Gasteiger partial charge is 0.254 e. The summed E-state index contributed by atoms with van der Waals surface area (Å²) in [6.45, 7) is 2.55. The number of rotatable bonds is 6. The maximum absolute atomic E-state index is 11.9. The average Bonchev–Trinajstić information content (AvgIpc) is 2.95. The number of hydrogen-bond donors (Lipinski definition) is 3. The quantitative estimate of drug-likeness (QED) is 0.669. The second kappa shape index (κ2) is 7.19. The molecule has 2 rings (SSSR count). The van der Waals surface area contributed by atoms with Gasteiger partial charge in [-0.15, -0.1) is 5.10 Å². The summed E-state index contributed by atoms with van der Waals surface area (Å²) in [4.78, 5) is 25.3. The van der Waals surface area contributed by atoms with Crippen molar-refractivity contribution >= 4 is 17.5 Å². The first-order valence-electron chi connectivity index (χ1n) is 6.76. The summed E-state index contributed by atoms with van der Waals surface area (Å²) in [5.74, 6) is -0.393. The van der Waals surface area contributed by atoms with Gasteiger partial charge in [-0.1, -0.05) is 23.7 Å². The van der Waals surface area contributed by atoms with Crippen LogP contribution in [0.5, 0.6) is 0 Å². The Morgan fingerprint density at radius 2 is 2.32 bits per heavy atom. The lowest BCUT2D eigenvalue weighted by atomic mass is 10.2. The van der Waals surface area contributed by atoms with Crippen molar-refractivity contribution in [1.29, 1.82) is 0 Å². The number of aliphatic hydroxyl groups is 1. The van der Waals surface area contributed by atoms with Crippen LogP contribution in [0.4, 0.5) is 0 Å².